The van der Waals surface area contributed by atoms with E-state index < -0.39 is 36.7 Å². The summed E-state index contributed by atoms with van der Waals surface area (Å²) in [4.78, 5) is 26.5. The van der Waals surface area contributed by atoms with E-state index in [1.54, 1.807) is 12.1 Å². The molecule has 7 atom stereocenters. The minimum absolute atomic E-state index is 0.0318. The highest BCUT2D eigenvalue weighted by molar-refractivity contribution is 5.96. The first-order valence-corrected chi connectivity index (χ1v) is 12.9. The first kappa shape index (κ1) is 28.6. The van der Waals surface area contributed by atoms with Crippen molar-refractivity contribution in [3.8, 4) is 0 Å². The quantitative estimate of drug-likeness (QED) is 0.253. The van der Waals surface area contributed by atoms with Crippen molar-refractivity contribution in [3.05, 3.63) is 108 Å². The van der Waals surface area contributed by atoms with Crippen molar-refractivity contribution in [2.75, 3.05) is 13.7 Å². The van der Waals surface area contributed by atoms with Gasteiger partial charge in [0.25, 0.3) is 0 Å². The fourth-order valence-corrected chi connectivity index (χ4v) is 4.99. The van der Waals surface area contributed by atoms with Crippen molar-refractivity contribution in [2.24, 2.45) is 0 Å². The molecule has 0 bridgehead atoms. The number of aliphatic hydroxyl groups is 3. The van der Waals surface area contributed by atoms with Crippen LogP contribution in [0.2, 0.25) is 0 Å². The van der Waals surface area contributed by atoms with Gasteiger partial charge in [-0.3, -0.25) is 9.59 Å². The van der Waals surface area contributed by atoms with Gasteiger partial charge in [0.05, 0.1) is 6.42 Å². The maximum absolute atomic E-state index is 13.3. The third-order valence-corrected chi connectivity index (χ3v) is 7.14. The van der Waals surface area contributed by atoms with Crippen LogP contribution in [0.25, 0.3) is 0 Å². The minimum Gasteiger partial charge on any atom is -0.463 e. The molecule has 0 aliphatic carbocycles. The summed E-state index contributed by atoms with van der Waals surface area (Å²) in [5.41, 5.74) is 2.41. The summed E-state index contributed by atoms with van der Waals surface area (Å²) in [6.07, 6.45) is -6.53. The summed E-state index contributed by atoms with van der Waals surface area (Å²) >= 11 is 0. The highest BCUT2D eigenvalue weighted by atomic mass is 16.7. The van der Waals surface area contributed by atoms with Crippen LogP contribution in [0, 0.1) is 0 Å². The number of benzene rings is 3. The fourth-order valence-electron chi connectivity index (χ4n) is 4.99. The zero-order chi connectivity index (χ0) is 27.8. The number of ketones is 1. The Morgan fingerprint density at radius 3 is 1.79 bits per heavy atom. The molecule has 2 unspecified atom stereocenters. The van der Waals surface area contributed by atoms with Crippen LogP contribution in [0.3, 0.4) is 0 Å². The fraction of sp³-hybridized carbons (Fsp3) is 0.355. The third-order valence-electron chi connectivity index (χ3n) is 7.14. The number of ether oxygens (including phenoxy) is 3. The van der Waals surface area contributed by atoms with E-state index in [-0.39, 0.29) is 37.1 Å². The van der Waals surface area contributed by atoms with Crippen molar-refractivity contribution >= 4 is 11.8 Å². The molecular formula is C31H34O8. The van der Waals surface area contributed by atoms with E-state index in [1.807, 2.05) is 78.9 Å². The molecule has 0 amide bonds. The number of hydrogen-bond acceptors (Lipinski definition) is 8. The lowest BCUT2D eigenvalue weighted by molar-refractivity contribution is -0.295. The number of carbonyl (C=O) groups excluding carboxylic acids is 2. The Kier molecular flexibility index (Phi) is 9.97. The van der Waals surface area contributed by atoms with Crippen LogP contribution < -0.4 is 0 Å². The van der Waals surface area contributed by atoms with Crippen molar-refractivity contribution < 1.29 is 39.1 Å². The van der Waals surface area contributed by atoms with Crippen LogP contribution in [0.1, 0.15) is 46.2 Å². The number of hydrogen-bond donors (Lipinski definition) is 3. The summed E-state index contributed by atoms with van der Waals surface area (Å²) in [6, 6.07) is 28.2. The predicted octanol–water partition coefficient (Wildman–Crippen LogP) is 3.21. The molecule has 0 radical (unpaired) electrons. The Bertz CT molecular complexity index is 1180. The van der Waals surface area contributed by atoms with Crippen LogP contribution in [-0.2, 0) is 19.0 Å². The standard InChI is InChI=1S/C31H34O8/c1-37-31-30(36)29(35)28(34)26(39-31)19-38-27(33)18-24(21-13-7-3-8-14-21)23(20-11-5-2-6-12-20)17-25(32)22-15-9-4-10-16-22/h2-16,23-24,26,28-31,34-36H,17-19H2,1H3/t23?,24?,26-,28-,29+,30-,31+/m1/s1. The molecule has 8 heteroatoms. The van der Waals surface area contributed by atoms with Crippen molar-refractivity contribution in [1.82, 2.24) is 0 Å². The lowest BCUT2D eigenvalue weighted by Gasteiger charge is -2.39. The summed E-state index contributed by atoms with van der Waals surface area (Å²) < 4.78 is 16.0. The van der Waals surface area contributed by atoms with Crippen molar-refractivity contribution in [3.63, 3.8) is 0 Å². The molecule has 0 aromatic heterocycles. The number of methoxy groups -OCH3 is 1. The predicted molar refractivity (Wildman–Crippen MR) is 143 cm³/mol. The van der Waals surface area contributed by atoms with Crippen LogP contribution in [0.4, 0.5) is 0 Å². The van der Waals surface area contributed by atoms with Gasteiger partial charge in [0, 0.05) is 25.0 Å². The topological polar surface area (TPSA) is 123 Å². The van der Waals surface area contributed by atoms with Crippen molar-refractivity contribution in [1.29, 1.82) is 0 Å². The summed E-state index contributed by atoms with van der Waals surface area (Å²) in [6.45, 7) is -0.343. The molecule has 3 aromatic carbocycles. The second kappa shape index (κ2) is 13.6. The van der Waals surface area contributed by atoms with Gasteiger partial charge in [-0.05, 0) is 17.0 Å². The van der Waals surface area contributed by atoms with Gasteiger partial charge in [-0.1, -0.05) is 91.0 Å². The number of carbonyl (C=O) groups is 2. The molecule has 1 fully saturated rings. The molecule has 0 spiro atoms. The van der Waals surface area contributed by atoms with Crippen molar-refractivity contribution in [2.45, 2.75) is 55.4 Å². The molecule has 0 saturated carbocycles. The average molecular weight is 535 g/mol. The van der Waals surface area contributed by atoms with Gasteiger partial charge >= 0.3 is 5.97 Å². The van der Waals surface area contributed by atoms with E-state index in [2.05, 4.69) is 0 Å². The molecule has 3 N–H and O–H groups in total. The summed E-state index contributed by atoms with van der Waals surface area (Å²) in [7, 11) is 1.30. The zero-order valence-corrected chi connectivity index (χ0v) is 21.7. The number of Topliss-reactive ketones (excluding diaryl/α,β-unsaturated/α-hetero) is 1. The van der Waals surface area contributed by atoms with Gasteiger partial charge in [0.2, 0.25) is 0 Å². The Balaban J connectivity index is 1.55. The lowest BCUT2D eigenvalue weighted by Crippen LogP contribution is -2.59. The second-order valence-corrected chi connectivity index (χ2v) is 9.67. The number of aliphatic hydroxyl groups excluding tert-OH is 3. The molecule has 1 aliphatic heterocycles. The largest absolute Gasteiger partial charge is 0.463 e. The monoisotopic (exact) mass is 534 g/mol. The number of rotatable bonds is 11. The van der Waals surface area contributed by atoms with Gasteiger partial charge in [-0.15, -0.1) is 0 Å². The Labute approximate surface area is 227 Å². The van der Waals surface area contributed by atoms with Crippen LogP contribution in [-0.4, -0.2) is 71.5 Å². The normalized spacial score (nSPS) is 24.5. The van der Waals surface area contributed by atoms with Gasteiger partial charge < -0.3 is 29.5 Å². The van der Waals surface area contributed by atoms with Gasteiger partial charge in [0.1, 0.15) is 31.0 Å². The van der Waals surface area contributed by atoms with E-state index in [1.165, 1.54) is 7.11 Å². The third kappa shape index (κ3) is 7.17. The SMILES string of the molecule is CO[C@H]1O[C@H](COC(=O)CC(c2ccccc2)C(CC(=O)c2ccccc2)c2ccccc2)[C@@H](O)[C@H](O)[C@H]1O. The van der Waals surface area contributed by atoms with Crippen LogP contribution >= 0.6 is 0 Å². The zero-order valence-electron chi connectivity index (χ0n) is 21.7. The van der Waals surface area contributed by atoms with Crippen LogP contribution in [0.15, 0.2) is 91.0 Å². The molecule has 1 aliphatic rings. The minimum atomic E-state index is -1.52. The molecular weight excluding hydrogens is 500 g/mol. The lowest BCUT2D eigenvalue weighted by atomic mass is 9.76. The first-order chi connectivity index (χ1) is 18.9. The number of esters is 1. The Hall–Kier alpha value is -3.40. The molecule has 4 rings (SSSR count). The molecule has 1 saturated heterocycles. The van der Waals surface area contributed by atoms with E-state index >= 15 is 0 Å². The Morgan fingerprint density at radius 1 is 0.744 bits per heavy atom. The summed E-state index contributed by atoms with van der Waals surface area (Å²) in [5, 5.41) is 30.4. The van der Waals surface area contributed by atoms with Gasteiger partial charge in [-0.2, -0.15) is 0 Å². The molecule has 3 aromatic rings. The van der Waals surface area contributed by atoms with E-state index in [0.717, 1.165) is 11.1 Å². The molecule has 1 heterocycles. The average Bonchev–Trinajstić information content (AvgIpc) is 2.98. The highest BCUT2D eigenvalue weighted by Gasteiger charge is 2.44. The van der Waals surface area contributed by atoms with E-state index in [9.17, 15) is 24.9 Å². The molecule has 8 nitrogen and oxygen atoms in total. The smallest absolute Gasteiger partial charge is 0.306 e. The van der Waals surface area contributed by atoms with Crippen LogP contribution in [0.5, 0.6) is 0 Å². The van der Waals surface area contributed by atoms with E-state index in [4.69, 9.17) is 14.2 Å². The van der Waals surface area contributed by atoms with Gasteiger partial charge in [-0.25, -0.2) is 0 Å². The van der Waals surface area contributed by atoms with E-state index in [0.29, 0.717) is 5.56 Å². The second-order valence-electron chi connectivity index (χ2n) is 9.67. The Morgan fingerprint density at radius 2 is 1.26 bits per heavy atom. The maximum atomic E-state index is 13.3. The summed E-state index contributed by atoms with van der Waals surface area (Å²) in [5.74, 6) is -1.29. The maximum Gasteiger partial charge on any atom is 0.306 e. The highest BCUT2D eigenvalue weighted by Crippen LogP contribution is 2.39. The molecule has 39 heavy (non-hydrogen) atoms. The first-order valence-electron chi connectivity index (χ1n) is 12.9. The molecule has 206 valence electrons. The van der Waals surface area contributed by atoms with Gasteiger partial charge in [0.15, 0.2) is 12.1 Å².